The molecule has 1 aliphatic carbocycles. The molecule has 2 aromatic rings. The molecule has 1 saturated carbocycles. The van der Waals surface area contributed by atoms with Crippen molar-refractivity contribution in [1.82, 2.24) is 4.98 Å². The van der Waals surface area contributed by atoms with Gasteiger partial charge >= 0.3 is 0 Å². The van der Waals surface area contributed by atoms with Crippen molar-refractivity contribution < 1.29 is 13.9 Å². The molecule has 21 heavy (non-hydrogen) atoms. The highest BCUT2D eigenvalue weighted by Gasteiger charge is 2.51. The predicted octanol–water partition coefficient (Wildman–Crippen LogP) is 2.90. The summed E-state index contributed by atoms with van der Waals surface area (Å²) >= 11 is 0. The van der Waals surface area contributed by atoms with Crippen LogP contribution in [0.3, 0.4) is 0 Å². The highest BCUT2D eigenvalue weighted by Crippen LogP contribution is 2.49. The zero-order valence-electron chi connectivity index (χ0n) is 11.6. The van der Waals surface area contributed by atoms with Gasteiger partial charge in [0.25, 0.3) is 0 Å². The summed E-state index contributed by atoms with van der Waals surface area (Å²) in [6.45, 7) is 0. The minimum atomic E-state index is -0.534. The van der Waals surface area contributed by atoms with Gasteiger partial charge < -0.3 is 10.1 Å². The largest absolute Gasteiger partial charge is 0.481 e. The second-order valence-electron chi connectivity index (χ2n) is 5.13. The quantitative estimate of drug-likeness (QED) is 0.940. The number of hydrogen-bond acceptors (Lipinski definition) is 3. The van der Waals surface area contributed by atoms with Gasteiger partial charge in [0, 0.05) is 6.07 Å². The number of hydrogen-bond donors (Lipinski definition) is 1. The number of carbonyl (C=O) groups excluding carboxylic acids is 1. The van der Waals surface area contributed by atoms with Crippen molar-refractivity contribution >= 4 is 11.6 Å². The smallest absolute Gasteiger partial charge is 0.235 e. The molecule has 1 aromatic heterocycles. The molecular weight excluding hydrogens is 271 g/mol. The number of aromatic nitrogens is 1. The number of anilines is 1. The van der Waals surface area contributed by atoms with Crippen LogP contribution in [-0.2, 0) is 10.2 Å². The van der Waals surface area contributed by atoms with E-state index in [-0.39, 0.29) is 11.7 Å². The Hall–Kier alpha value is -2.43. The van der Waals surface area contributed by atoms with Crippen molar-refractivity contribution in [3.8, 4) is 5.88 Å². The third-order valence-electron chi connectivity index (χ3n) is 3.78. The summed E-state index contributed by atoms with van der Waals surface area (Å²) in [5.41, 5.74) is 0.935. The van der Waals surface area contributed by atoms with Crippen molar-refractivity contribution in [2.24, 2.45) is 0 Å². The number of carbonyl (C=O) groups is 1. The first-order valence-electron chi connectivity index (χ1n) is 6.72. The summed E-state index contributed by atoms with van der Waals surface area (Å²) in [5, 5.41) is 2.86. The van der Waals surface area contributed by atoms with Gasteiger partial charge in [-0.25, -0.2) is 9.37 Å². The predicted molar refractivity (Wildman–Crippen MR) is 76.7 cm³/mol. The van der Waals surface area contributed by atoms with Crippen LogP contribution < -0.4 is 10.1 Å². The maximum atomic E-state index is 13.0. The second kappa shape index (κ2) is 5.16. The Morgan fingerprint density at radius 3 is 2.48 bits per heavy atom. The van der Waals surface area contributed by atoms with Crippen LogP contribution >= 0.6 is 0 Å². The third-order valence-corrected chi connectivity index (χ3v) is 3.78. The van der Waals surface area contributed by atoms with E-state index in [4.69, 9.17) is 4.74 Å². The summed E-state index contributed by atoms with van der Waals surface area (Å²) in [4.78, 5) is 16.5. The van der Waals surface area contributed by atoms with Crippen LogP contribution in [0.15, 0.2) is 42.6 Å². The summed E-state index contributed by atoms with van der Waals surface area (Å²) in [7, 11) is 1.54. The Labute approximate surface area is 122 Å². The van der Waals surface area contributed by atoms with Crippen molar-refractivity contribution in [2.45, 2.75) is 18.3 Å². The van der Waals surface area contributed by atoms with E-state index in [1.807, 2.05) is 0 Å². The molecule has 1 N–H and O–H groups in total. The van der Waals surface area contributed by atoms with Crippen molar-refractivity contribution in [2.75, 3.05) is 12.4 Å². The van der Waals surface area contributed by atoms with Crippen LogP contribution in [0.5, 0.6) is 5.88 Å². The lowest BCUT2D eigenvalue weighted by molar-refractivity contribution is -0.118. The molecule has 3 rings (SSSR count). The topological polar surface area (TPSA) is 51.2 Å². The molecule has 1 fully saturated rings. The average Bonchev–Trinajstić information content (AvgIpc) is 3.30. The molecular formula is C16H15FN2O2. The fourth-order valence-corrected chi connectivity index (χ4v) is 2.37. The Balaban J connectivity index is 1.76. The molecule has 0 unspecified atom stereocenters. The molecule has 1 amide bonds. The first-order valence-corrected chi connectivity index (χ1v) is 6.72. The Kier molecular flexibility index (Phi) is 3.33. The maximum Gasteiger partial charge on any atom is 0.235 e. The molecule has 0 atom stereocenters. The van der Waals surface area contributed by atoms with Crippen LogP contribution in [0.4, 0.5) is 10.1 Å². The molecule has 0 spiro atoms. The zero-order valence-corrected chi connectivity index (χ0v) is 11.6. The van der Waals surface area contributed by atoms with Crippen LogP contribution in [0.25, 0.3) is 0 Å². The van der Waals surface area contributed by atoms with E-state index in [9.17, 15) is 9.18 Å². The number of amides is 1. The van der Waals surface area contributed by atoms with Crippen LogP contribution in [0.1, 0.15) is 18.4 Å². The van der Waals surface area contributed by atoms with Gasteiger partial charge in [-0.15, -0.1) is 0 Å². The van der Waals surface area contributed by atoms with E-state index in [1.165, 1.54) is 19.2 Å². The normalized spacial score (nSPS) is 15.3. The first kappa shape index (κ1) is 13.5. The highest BCUT2D eigenvalue weighted by atomic mass is 19.1. The van der Waals surface area contributed by atoms with Gasteiger partial charge in [0.15, 0.2) is 0 Å². The van der Waals surface area contributed by atoms with Gasteiger partial charge in [-0.05, 0) is 36.6 Å². The van der Waals surface area contributed by atoms with Crippen LogP contribution in [0.2, 0.25) is 0 Å². The van der Waals surface area contributed by atoms with E-state index < -0.39 is 5.41 Å². The second-order valence-corrected chi connectivity index (χ2v) is 5.13. The van der Waals surface area contributed by atoms with Crippen molar-refractivity contribution in [1.29, 1.82) is 0 Å². The number of methoxy groups -OCH3 is 1. The molecule has 0 saturated heterocycles. The van der Waals surface area contributed by atoms with Crippen molar-refractivity contribution in [3.63, 3.8) is 0 Å². The standard InChI is InChI=1S/C16H15FN2O2/c1-21-14-7-6-13(10-18-14)19-15(20)16(8-9-16)11-2-4-12(17)5-3-11/h2-7,10H,8-9H2,1H3,(H,19,20). The lowest BCUT2D eigenvalue weighted by atomic mass is 9.95. The number of halogens is 1. The van der Waals surface area contributed by atoms with Gasteiger partial charge in [0.2, 0.25) is 11.8 Å². The van der Waals surface area contributed by atoms with Crippen molar-refractivity contribution in [3.05, 3.63) is 54.0 Å². The minimum absolute atomic E-state index is 0.0823. The zero-order chi connectivity index (χ0) is 14.9. The molecule has 0 aliphatic heterocycles. The van der Waals surface area contributed by atoms with E-state index in [1.54, 1.807) is 30.5 Å². The van der Waals surface area contributed by atoms with Gasteiger partial charge in [-0.2, -0.15) is 0 Å². The van der Waals surface area contributed by atoms with Gasteiger partial charge in [0.05, 0.1) is 24.4 Å². The minimum Gasteiger partial charge on any atom is -0.481 e. The fraction of sp³-hybridized carbons (Fsp3) is 0.250. The number of nitrogens with zero attached hydrogens (tertiary/aromatic N) is 1. The summed E-state index contributed by atoms with van der Waals surface area (Å²) in [6.07, 6.45) is 3.10. The van der Waals surface area contributed by atoms with E-state index in [2.05, 4.69) is 10.3 Å². The SMILES string of the molecule is COc1ccc(NC(=O)C2(c3ccc(F)cc3)CC2)cn1. The summed E-state index contributed by atoms with van der Waals surface area (Å²) < 4.78 is 18.0. The molecule has 1 aliphatic rings. The van der Waals surface area contributed by atoms with E-state index in [0.717, 1.165) is 18.4 Å². The number of rotatable bonds is 4. The maximum absolute atomic E-state index is 13.0. The van der Waals surface area contributed by atoms with Crippen LogP contribution in [0, 0.1) is 5.82 Å². The molecule has 1 aromatic carbocycles. The number of ether oxygens (including phenoxy) is 1. The number of benzene rings is 1. The fourth-order valence-electron chi connectivity index (χ4n) is 2.37. The monoisotopic (exact) mass is 286 g/mol. The third kappa shape index (κ3) is 2.59. The Morgan fingerprint density at radius 1 is 1.24 bits per heavy atom. The average molecular weight is 286 g/mol. The first-order chi connectivity index (χ1) is 10.1. The summed E-state index contributed by atoms with van der Waals surface area (Å²) in [6, 6.07) is 9.55. The molecule has 1 heterocycles. The molecule has 0 radical (unpaired) electrons. The Bertz CT molecular complexity index is 649. The molecule has 0 bridgehead atoms. The van der Waals surface area contributed by atoms with Gasteiger partial charge in [0.1, 0.15) is 5.82 Å². The van der Waals surface area contributed by atoms with Gasteiger partial charge in [-0.1, -0.05) is 12.1 Å². The molecule has 108 valence electrons. The lowest BCUT2D eigenvalue weighted by Crippen LogP contribution is -2.27. The summed E-state index contributed by atoms with van der Waals surface area (Å²) in [5.74, 6) is 0.114. The lowest BCUT2D eigenvalue weighted by Gasteiger charge is -2.15. The number of nitrogens with one attached hydrogen (secondary N) is 1. The Morgan fingerprint density at radius 2 is 1.95 bits per heavy atom. The molecule has 5 heteroatoms. The van der Waals surface area contributed by atoms with E-state index in [0.29, 0.717) is 11.6 Å². The molecule has 4 nitrogen and oxygen atoms in total. The van der Waals surface area contributed by atoms with Gasteiger partial charge in [-0.3, -0.25) is 4.79 Å². The number of pyridine rings is 1. The van der Waals surface area contributed by atoms with Crippen LogP contribution in [-0.4, -0.2) is 18.0 Å². The highest BCUT2D eigenvalue weighted by molar-refractivity contribution is 6.01. The van der Waals surface area contributed by atoms with E-state index >= 15 is 0 Å².